The third kappa shape index (κ3) is 4.29. The highest BCUT2D eigenvalue weighted by atomic mass is 35.5. The van der Waals surface area contributed by atoms with Crippen LogP contribution in [0.3, 0.4) is 0 Å². The summed E-state index contributed by atoms with van der Waals surface area (Å²) in [5.74, 6) is 1.30. The number of anilines is 1. The van der Waals surface area contributed by atoms with Crippen LogP contribution in [0.25, 0.3) is 0 Å². The lowest BCUT2D eigenvalue weighted by atomic mass is 9.98. The van der Waals surface area contributed by atoms with Crippen molar-refractivity contribution >= 4 is 24.0 Å². The molecule has 1 aromatic rings. The Hall–Kier alpha value is -1.26. The van der Waals surface area contributed by atoms with E-state index in [2.05, 4.69) is 30.9 Å². The molecular weight excluding hydrogens is 334 g/mol. The number of carbonyl (C=O) groups excluding carboxylic acids is 1. The van der Waals surface area contributed by atoms with Gasteiger partial charge in [-0.1, -0.05) is 13.3 Å². The third-order valence-corrected chi connectivity index (χ3v) is 5.84. The summed E-state index contributed by atoms with van der Waals surface area (Å²) in [4.78, 5) is 17.2. The van der Waals surface area contributed by atoms with E-state index in [1.54, 1.807) is 0 Å². The van der Waals surface area contributed by atoms with Crippen LogP contribution in [-0.2, 0) is 0 Å². The molecule has 2 aliphatic rings. The normalized spacial score (nSPS) is 24.8. The number of likely N-dealkylation sites (tertiary alicyclic amines) is 1. The molecule has 3 atom stereocenters. The second-order valence-electron chi connectivity index (χ2n) is 7.36. The van der Waals surface area contributed by atoms with E-state index in [0.29, 0.717) is 11.8 Å². The molecule has 5 heteroatoms. The first kappa shape index (κ1) is 20.1. The number of carbonyl (C=O) groups is 1. The van der Waals surface area contributed by atoms with E-state index in [0.717, 1.165) is 38.2 Å². The van der Waals surface area contributed by atoms with Gasteiger partial charge in [-0.05, 0) is 62.3 Å². The molecule has 2 N–H and O–H groups in total. The number of rotatable bonds is 6. The summed E-state index contributed by atoms with van der Waals surface area (Å²) in [5.41, 5.74) is 8.20. The number of amides is 1. The number of hydrogen-bond donors (Lipinski definition) is 1. The monoisotopic (exact) mass is 365 g/mol. The molecular formula is C20H32ClN3O. The van der Waals surface area contributed by atoms with Crippen molar-refractivity contribution in [2.45, 2.75) is 45.6 Å². The Balaban J connectivity index is 0.00000225. The van der Waals surface area contributed by atoms with E-state index >= 15 is 0 Å². The van der Waals surface area contributed by atoms with Crippen LogP contribution in [0.1, 0.15) is 49.9 Å². The molecule has 1 aliphatic heterocycles. The van der Waals surface area contributed by atoms with E-state index in [-0.39, 0.29) is 24.4 Å². The van der Waals surface area contributed by atoms with E-state index in [9.17, 15) is 4.79 Å². The van der Waals surface area contributed by atoms with E-state index in [1.165, 1.54) is 24.9 Å². The van der Waals surface area contributed by atoms with Crippen molar-refractivity contribution < 1.29 is 4.79 Å². The van der Waals surface area contributed by atoms with E-state index in [1.807, 2.05) is 17.0 Å². The SMILES string of the molecule is CCCCN(CC)c1ccc(C(=O)N2CC3CCC(N)C3C2)cc1.Cl. The van der Waals surface area contributed by atoms with Gasteiger partial charge in [0.15, 0.2) is 0 Å². The maximum atomic E-state index is 12.8. The number of unbranched alkanes of at least 4 members (excludes halogenated alkanes) is 1. The van der Waals surface area contributed by atoms with Gasteiger partial charge in [0.25, 0.3) is 5.91 Å². The highest BCUT2D eigenvalue weighted by Crippen LogP contribution is 2.37. The Kier molecular flexibility index (Phi) is 7.14. The molecule has 0 bridgehead atoms. The topological polar surface area (TPSA) is 49.6 Å². The van der Waals surface area contributed by atoms with Gasteiger partial charge in [-0.25, -0.2) is 0 Å². The zero-order chi connectivity index (χ0) is 17.1. The Morgan fingerprint density at radius 1 is 1.20 bits per heavy atom. The van der Waals surface area contributed by atoms with Gasteiger partial charge < -0.3 is 15.5 Å². The minimum absolute atomic E-state index is 0. The number of hydrogen-bond acceptors (Lipinski definition) is 3. The molecule has 2 fully saturated rings. The van der Waals surface area contributed by atoms with Crippen LogP contribution in [0.4, 0.5) is 5.69 Å². The second kappa shape index (κ2) is 8.91. The molecule has 1 amide bonds. The molecule has 25 heavy (non-hydrogen) atoms. The summed E-state index contributed by atoms with van der Waals surface area (Å²) >= 11 is 0. The Morgan fingerprint density at radius 2 is 1.92 bits per heavy atom. The van der Waals surface area contributed by atoms with Gasteiger partial charge >= 0.3 is 0 Å². The van der Waals surface area contributed by atoms with Crippen molar-refractivity contribution in [3.63, 3.8) is 0 Å². The molecule has 0 radical (unpaired) electrons. The van der Waals surface area contributed by atoms with Gasteiger partial charge in [-0.15, -0.1) is 12.4 Å². The van der Waals surface area contributed by atoms with Crippen LogP contribution >= 0.6 is 12.4 Å². The average molecular weight is 366 g/mol. The molecule has 0 aromatic heterocycles. The fourth-order valence-corrected chi connectivity index (χ4v) is 4.29. The molecule has 4 nitrogen and oxygen atoms in total. The van der Waals surface area contributed by atoms with Crippen molar-refractivity contribution in [1.29, 1.82) is 0 Å². The summed E-state index contributed by atoms with van der Waals surface area (Å²) in [6.07, 6.45) is 4.70. The molecule has 0 spiro atoms. The van der Waals surface area contributed by atoms with Crippen molar-refractivity contribution in [3.8, 4) is 0 Å². The Morgan fingerprint density at radius 3 is 2.52 bits per heavy atom. The molecule has 1 heterocycles. The van der Waals surface area contributed by atoms with Crippen molar-refractivity contribution in [3.05, 3.63) is 29.8 Å². The molecule has 1 saturated heterocycles. The third-order valence-electron chi connectivity index (χ3n) is 5.84. The first-order chi connectivity index (χ1) is 11.6. The van der Waals surface area contributed by atoms with Crippen LogP contribution in [0.5, 0.6) is 0 Å². The Bertz CT molecular complexity index is 563. The smallest absolute Gasteiger partial charge is 0.253 e. The first-order valence-corrected chi connectivity index (χ1v) is 9.53. The minimum Gasteiger partial charge on any atom is -0.372 e. The Labute approximate surface area is 158 Å². The van der Waals surface area contributed by atoms with Crippen LogP contribution in [0, 0.1) is 11.8 Å². The van der Waals surface area contributed by atoms with Crippen LogP contribution < -0.4 is 10.6 Å². The second-order valence-corrected chi connectivity index (χ2v) is 7.36. The number of nitrogens with two attached hydrogens (primary N) is 1. The number of benzene rings is 1. The van der Waals surface area contributed by atoms with Crippen molar-refractivity contribution in [2.24, 2.45) is 17.6 Å². The average Bonchev–Trinajstić information content (AvgIpc) is 3.18. The van der Waals surface area contributed by atoms with Crippen LogP contribution in [0.2, 0.25) is 0 Å². The van der Waals surface area contributed by atoms with Crippen LogP contribution in [-0.4, -0.2) is 43.0 Å². The lowest BCUT2D eigenvalue weighted by Gasteiger charge is -2.23. The maximum Gasteiger partial charge on any atom is 0.253 e. The van der Waals surface area contributed by atoms with Gasteiger partial charge in [0.2, 0.25) is 0 Å². The minimum atomic E-state index is 0. The van der Waals surface area contributed by atoms with Gasteiger partial charge in [0.05, 0.1) is 0 Å². The quantitative estimate of drug-likeness (QED) is 0.838. The summed E-state index contributed by atoms with van der Waals surface area (Å²) in [6, 6.07) is 8.44. The summed E-state index contributed by atoms with van der Waals surface area (Å²) < 4.78 is 0. The standard InChI is InChI=1S/C20H31N3O.ClH/c1-3-5-12-22(4-2)17-9-6-15(7-10-17)20(24)23-13-16-8-11-19(21)18(16)14-23;/h6-7,9-10,16,18-19H,3-5,8,11-14,21H2,1-2H3;1H. The number of halogens is 1. The van der Waals surface area contributed by atoms with Gasteiger partial charge in [0, 0.05) is 43.5 Å². The lowest BCUT2D eigenvalue weighted by Crippen LogP contribution is -2.33. The van der Waals surface area contributed by atoms with Crippen molar-refractivity contribution in [1.82, 2.24) is 4.90 Å². The van der Waals surface area contributed by atoms with Crippen molar-refractivity contribution in [2.75, 3.05) is 31.1 Å². The predicted octanol–water partition coefficient (Wildman–Crippen LogP) is 3.54. The summed E-state index contributed by atoms with van der Waals surface area (Å²) in [7, 11) is 0. The summed E-state index contributed by atoms with van der Waals surface area (Å²) in [6.45, 7) is 8.20. The van der Waals surface area contributed by atoms with Gasteiger partial charge in [-0.3, -0.25) is 4.79 Å². The zero-order valence-electron chi connectivity index (χ0n) is 15.5. The fourth-order valence-electron chi connectivity index (χ4n) is 4.29. The predicted molar refractivity (Wildman–Crippen MR) is 107 cm³/mol. The molecule has 3 unspecified atom stereocenters. The highest BCUT2D eigenvalue weighted by Gasteiger charge is 2.42. The largest absolute Gasteiger partial charge is 0.372 e. The highest BCUT2D eigenvalue weighted by molar-refractivity contribution is 5.94. The summed E-state index contributed by atoms with van der Waals surface area (Å²) in [5, 5.41) is 0. The molecule has 3 rings (SSSR count). The fraction of sp³-hybridized carbons (Fsp3) is 0.650. The first-order valence-electron chi connectivity index (χ1n) is 9.53. The van der Waals surface area contributed by atoms with Crippen LogP contribution in [0.15, 0.2) is 24.3 Å². The zero-order valence-corrected chi connectivity index (χ0v) is 16.3. The van der Waals surface area contributed by atoms with Gasteiger partial charge in [0.1, 0.15) is 0 Å². The van der Waals surface area contributed by atoms with E-state index < -0.39 is 0 Å². The molecule has 140 valence electrons. The molecule has 1 aliphatic carbocycles. The lowest BCUT2D eigenvalue weighted by molar-refractivity contribution is 0.0779. The molecule has 1 aromatic carbocycles. The van der Waals surface area contributed by atoms with E-state index in [4.69, 9.17) is 5.73 Å². The number of fused-ring (bicyclic) bond motifs is 1. The molecule has 1 saturated carbocycles. The van der Waals surface area contributed by atoms with Gasteiger partial charge in [-0.2, -0.15) is 0 Å². The number of nitrogens with zero attached hydrogens (tertiary/aromatic N) is 2. The maximum absolute atomic E-state index is 12.8.